The number of carbonyl (C=O) groups is 2. The second-order valence-electron chi connectivity index (χ2n) is 3.79. The topological polar surface area (TPSA) is 79.3 Å². The van der Waals surface area contributed by atoms with Crippen molar-refractivity contribution in [1.82, 2.24) is 4.98 Å². The summed E-state index contributed by atoms with van der Waals surface area (Å²) in [5.74, 6) is -2.98. The third kappa shape index (κ3) is 2.92. The first-order valence-corrected chi connectivity index (χ1v) is 5.81. The molecule has 0 fully saturated rings. The van der Waals surface area contributed by atoms with Gasteiger partial charge in [0.25, 0.3) is 5.91 Å². The molecule has 0 aliphatic heterocycles. The smallest absolute Gasteiger partial charge is 0.337 e. The van der Waals surface area contributed by atoms with E-state index >= 15 is 0 Å². The van der Waals surface area contributed by atoms with Crippen molar-refractivity contribution in [3.05, 3.63) is 58.6 Å². The summed E-state index contributed by atoms with van der Waals surface area (Å²) in [6, 6.07) is 6.59. The Morgan fingerprint density at radius 3 is 2.65 bits per heavy atom. The molecule has 0 aliphatic rings. The van der Waals surface area contributed by atoms with Gasteiger partial charge in [-0.1, -0.05) is 11.6 Å². The zero-order chi connectivity index (χ0) is 14.7. The summed E-state index contributed by atoms with van der Waals surface area (Å²) in [6.07, 6.45) is 1.21. The van der Waals surface area contributed by atoms with Crippen LogP contribution < -0.4 is 5.32 Å². The lowest BCUT2D eigenvalue weighted by molar-refractivity contribution is 0.0698. The fourth-order valence-electron chi connectivity index (χ4n) is 1.55. The van der Waals surface area contributed by atoms with Crippen molar-refractivity contribution >= 4 is 29.2 Å². The van der Waals surface area contributed by atoms with E-state index in [0.29, 0.717) is 0 Å². The maximum Gasteiger partial charge on any atom is 0.337 e. The van der Waals surface area contributed by atoms with Crippen molar-refractivity contribution in [2.24, 2.45) is 0 Å². The Kier molecular flexibility index (Phi) is 3.95. The van der Waals surface area contributed by atoms with Crippen LogP contribution in [0.3, 0.4) is 0 Å². The van der Waals surface area contributed by atoms with E-state index in [1.807, 2.05) is 0 Å². The number of pyridine rings is 1. The number of rotatable bonds is 3. The third-order valence-electron chi connectivity index (χ3n) is 2.46. The molecule has 0 saturated heterocycles. The predicted octanol–water partition coefficient (Wildman–Crippen LogP) is 2.82. The Balaban J connectivity index is 2.33. The van der Waals surface area contributed by atoms with E-state index in [0.717, 1.165) is 0 Å². The molecule has 0 atom stereocenters. The van der Waals surface area contributed by atoms with Gasteiger partial charge in [-0.3, -0.25) is 4.79 Å². The van der Waals surface area contributed by atoms with Gasteiger partial charge in [0.2, 0.25) is 5.95 Å². The molecule has 0 bridgehead atoms. The standard InChI is InChI=1S/C13H8ClFN2O3/c14-7-3-4-10(9(6-7)13(19)20)17-12(18)8-2-1-5-16-11(8)15/h1-6H,(H,17,18)(H,19,20). The normalized spacial score (nSPS) is 10.1. The molecule has 2 rings (SSSR count). The van der Waals surface area contributed by atoms with Crippen molar-refractivity contribution in [2.45, 2.75) is 0 Å². The van der Waals surface area contributed by atoms with Gasteiger partial charge < -0.3 is 10.4 Å². The molecule has 1 aromatic heterocycles. The van der Waals surface area contributed by atoms with Gasteiger partial charge >= 0.3 is 5.97 Å². The second kappa shape index (κ2) is 5.66. The van der Waals surface area contributed by atoms with Crippen LogP contribution in [0, 0.1) is 5.95 Å². The van der Waals surface area contributed by atoms with Gasteiger partial charge in [0.1, 0.15) is 0 Å². The molecular weight excluding hydrogens is 287 g/mol. The fraction of sp³-hybridized carbons (Fsp3) is 0. The maximum atomic E-state index is 13.4. The van der Waals surface area contributed by atoms with Gasteiger partial charge in [-0.25, -0.2) is 9.78 Å². The van der Waals surface area contributed by atoms with Crippen LogP contribution in [0.2, 0.25) is 5.02 Å². The number of carboxylic acid groups (broad SMARTS) is 1. The molecule has 102 valence electrons. The van der Waals surface area contributed by atoms with Crippen molar-refractivity contribution in [2.75, 3.05) is 5.32 Å². The lowest BCUT2D eigenvalue weighted by Gasteiger charge is -2.09. The third-order valence-corrected chi connectivity index (χ3v) is 2.70. The highest BCUT2D eigenvalue weighted by Crippen LogP contribution is 2.21. The highest BCUT2D eigenvalue weighted by molar-refractivity contribution is 6.31. The first kappa shape index (κ1) is 14.0. The maximum absolute atomic E-state index is 13.4. The van der Waals surface area contributed by atoms with Crippen LogP contribution >= 0.6 is 11.6 Å². The van der Waals surface area contributed by atoms with Gasteiger partial charge in [-0.15, -0.1) is 0 Å². The molecule has 20 heavy (non-hydrogen) atoms. The summed E-state index contributed by atoms with van der Waals surface area (Å²) in [5, 5.41) is 11.6. The number of aromatic nitrogens is 1. The van der Waals surface area contributed by atoms with Crippen LogP contribution in [0.5, 0.6) is 0 Å². The number of amides is 1. The lowest BCUT2D eigenvalue weighted by atomic mass is 10.1. The summed E-state index contributed by atoms with van der Waals surface area (Å²) in [4.78, 5) is 26.3. The molecule has 5 nitrogen and oxygen atoms in total. The van der Waals surface area contributed by atoms with E-state index in [9.17, 15) is 14.0 Å². The average molecular weight is 295 g/mol. The predicted molar refractivity (Wildman–Crippen MR) is 70.6 cm³/mol. The molecule has 0 saturated carbocycles. The van der Waals surface area contributed by atoms with Crippen LogP contribution in [0.1, 0.15) is 20.7 Å². The number of aromatic carboxylic acids is 1. The van der Waals surface area contributed by atoms with Gasteiger partial charge in [0, 0.05) is 11.2 Å². The van der Waals surface area contributed by atoms with Crippen molar-refractivity contribution in [1.29, 1.82) is 0 Å². The van der Waals surface area contributed by atoms with E-state index in [-0.39, 0.29) is 21.8 Å². The molecule has 1 heterocycles. The van der Waals surface area contributed by atoms with Gasteiger partial charge in [-0.05, 0) is 30.3 Å². The number of carbonyl (C=O) groups excluding carboxylic acids is 1. The van der Waals surface area contributed by atoms with Crippen LogP contribution in [0.4, 0.5) is 10.1 Å². The van der Waals surface area contributed by atoms with Crippen LogP contribution in [-0.2, 0) is 0 Å². The summed E-state index contributed by atoms with van der Waals surface area (Å²) >= 11 is 5.69. The average Bonchev–Trinajstić information content (AvgIpc) is 2.41. The quantitative estimate of drug-likeness (QED) is 0.853. The van der Waals surface area contributed by atoms with Crippen LogP contribution in [0.25, 0.3) is 0 Å². The largest absolute Gasteiger partial charge is 0.478 e. The van der Waals surface area contributed by atoms with E-state index in [1.165, 1.54) is 36.5 Å². The molecule has 2 aromatic rings. The monoisotopic (exact) mass is 294 g/mol. The SMILES string of the molecule is O=C(O)c1cc(Cl)ccc1NC(=O)c1cccnc1F. The Labute approximate surface area is 118 Å². The van der Waals surface area contributed by atoms with Gasteiger partial charge in [0.05, 0.1) is 16.8 Å². The Bertz CT molecular complexity index is 691. The fourth-order valence-corrected chi connectivity index (χ4v) is 1.72. The van der Waals surface area contributed by atoms with Gasteiger partial charge in [-0.2, -0.15) is 4.39 Å². The zero-order valence-electron chi connectivity index (χ0n) is 9.93. The molecule has 0 radical (unpaired) electrons. The minimum Gasteiger partial charge on any atom is -0.478 e. The summed E-state index contributed by atoms with van der Waals surface area (Å²) in [6.45, 7) is 0. The van der Waals surface area contributed by atoms with Crippen LogP contribution in [-0.4, -0.2) is 22.0 Å². The van der Waals surface area contributed by atoms with Crippen molar-refractivity contribution in [3.63, 3.8) is 0 Å². The number of carboxylic acids is 1. The highest BCUT2D eigenvalue weighted by Gasteiger charge is 2.16. The molecule has 0 aliphatic carbocycles. The van der Waals surface area contributed by atoms with E-state index in [1.54, 1.807) is 0 Å². The summed E-state index contributed by atoms with van der Waals surface area (Å²) in [7, 11) is 0. The Morgan fingerprint density at radius 1 is 1.25 bits per heavy atom. The molecule has 2 N–H and O–H groups in total. The molecule has 1 amide bonds. The van der Waals surface area contributed by atoms with E-state index in [4.69, 9.17) is 16.7 Å². The second-order valence-corrected chi connectivity index (χ2v) is 4.23. The number of benzene rings is 1. The minimum absolute atomic E-state index is 0.0233. The first-order valence-electron chi connectivity index (χ1n) is 5.44. The molecule has 1 aromatic carbocycles. The molecule has 0 spiro atoms. The number of nitrogens with zero attached hydrogens (tertiary/aromatic N) is 1. The molecule has 7 heteroatoms. The number of hydrogen-bond acceptors (Lipinski definition) is 3. The molecular formula is C13H8ClFN2O3. The summed E-state index contributed by atoms with van der Waals surface area (Å²) < 4.78 is 13.4. The van der Waals surface area contributed by atoms with Crippen LogP contribution in [0.15, 0.2) is 36.5 Å². The lowest BCUT2D eigenvalue weighted by Crippen LogP contribution is -2.16. The van der Waals surface area contributed by atoms with E-state index < -0.39 is 17.8 Å². The number of halogens is 2. The van der Waals surface area contributed by atoms with E-state index in [2.05, 4.69) is 10.3 Å². The van der Waals surface area contributed by atoms with Gasteiger partial charge in [0.15, 0.2) is 0 Å². The Hall–Kier alpha value is -2.47. The van der Waals surface area contributed by atoms with Crippen molar-refractivity contribution in [3.8, 4) is 0 Å². The number of nitrogens with one attached hydrogen (secondary N) is 1. The minimum atomic E-state index is -1.26. The van der Waals surface area contributed by atoms with Crippen molar-refractivity contribution < 1.29 is 19.1 Å². The number of hydrogen-bond donors (Lipinski definition) is 2. The molecule has 0 unspecified atom stereocenters. The summed E-state index contributed by atoms with van der Waals surface area (Å²) in [5.41, 5.74) is -0.441. The number of anilines is 1. The highest BCUT2D eigenvalue weighted by atomic mass is 35.5. The first-order chi connectivity index (χ1) is 9.49. The Morgan fingerprint density at radius 2 is 2.00 bits per heavy atom. The zero-order valence-corrected chi connectivity index (χ0v) is 10.7.